The molecule has 86 valence electrons. The third-order valence-corrected chi connectivity index (χ3v) is 3.08. The molecule has 0 saturated carbocycles. The van der Waals surface area contributed by atoms with Crippen LogP contribution in [0.15, 0.2) is 12.1 Å². The first kappa shape index (κ1) is 11.0. The van der Waals surface area contributed by atoms with Gasteiger partial charge in [-0.25, -0.2) is 0 Å². The SMILES string of the molecule is COc1cc(C)c(C)cc1C1CCC(=O)O1. The molecule has 1 aliphatic heterocycles. The number of benzene rings is 1. The van der Waals surface area contributed by atoms with E-state index < -0.39 is 0 Å². The predicted octanol–water partition coefficient (Wildman–Crippen LogP) is 2.69. The first-order valence-electron chi connectivity index (χ1n) is 5.46. The summed E-state index contributed by atoms with van der Waals surface area (Å²) in [6.07, 6.45) is 1.11. The van der Waals surface area contributed by atoms with Gasteiger partial charge in [0, 0.05) is 12.0 Å². The lowest BCUT2D eigenvalue weighted by Gasteiger charge is -2.16. The predicted molar refractivity (Wildman–Crippen MR) is 60.5 cm³/mol. The second-order valence-electron chi connectivity index (χ2n) is 4.20. The van der Waals surface area contributed by atoms with Crippen molar-refractivity contribution in [3.8, 4) is 5.75 Å². The molecule has 16 heavy (non-hydrogen) atoms. The topological polar surface area (TPSA) is 35.5 Å². The lowest BCUT2D eigenvalue weighted by atomic mass is 10.00. The lowest BCUT2D eigenvalue weighted by molar-refractivity contribution is -0.141. The quantitative estimate of drug-likeness (QED) is 0.719. The third kappa shape index (κ3) is 1.90. The fraction of sp³-hybridized carbons (Fsp3) is 0.462. The molecule has 0 aliphatic carbocycles. The van der Waals surface area contributed by atoms with Crippen molar-refractivity contribution >= 4 is 5.97 Å². The van der Waals surface area contributed by atoms with E-state index >= 15 is 0 Å². The first-order chi connectivity index (χ1) is 7.61. The van der Waals surface area contributed by atoms with Crippen LogP contribution < -0.4 is 4.74 Å². The minimum atomic E-state index is -0.137. The number of ether oxygens (including phenoxy) is 2. The zero-order valence-electron chi connectivity index (χ0n) is 9.87. The maximum absolute atomic E-state index is 11.1. The number of hydrogen-bond acceptors (Lipinski definition) is 3. The van der Waals surface area contributed by atoms with E-state index in [1.807, 2.05) is 13.0 Å². The van der Waals surface area contributed by atoms with E-state index in [0.29, 0.717) is 6.42 Å². The van der Waals surface area contributed by atoms with Gasteiger partial charge in [0.25, 0.3) is 0 Å². The van der Waals surface area contributed by atoms with Gasteiger partial charge in [0.2, 0.25) is 0 Å². The smallest absolute Gasteiger partial charge is 0.306 e. The summed E-state index contributed by atoms with van der Waals surface area (Å²) in [4.78, 5) is 11.1. The summed E-state index contributed by atoms with van der Waals surface area (Å²) in [6.45, 7) is 4.09. The Balaban J connectivity index is 2.39. The molecule has 3 heteroatoms. The largest absolute Gasteiger partial charge is 0.496 e. The minimum Gasteiger partial charge on any atom is -0.496 e. The van der Waals surface area contributed by atoms with Gasteiger partial charge < -0.3 is 9.47 Å². The Labute approximate surface area is 95.4 Å². The number of rotatable bonds is 2. The number of hydrogen-bond donors (Lipinski definition) is 0. The Morgan fingerprint density at radius 3 is 2.56 bits per heavy atom. The molecule has 0 spiro atoms. The maximum atomic E-state index is 11.1. The average Bonchev–Trinajstić information content (AvgIpc) is 2.68. The van der Waals surface area contributed by atoms with Crippen LogP contribution >= 0.6 is 0 Å². The van der Waals surface area contributed by atoms with Crippen LogP contribution in [-0.4, -0.2) is 13.1 Å². The zero-order chi connectivity index (χ0) is 11.7. The highest BCUT2D eigenvalue weighted by molar-refractivity contribution is 5.72. The fourth-order valence-electron chi connectivity index (χ4n) is 1.98. The van der Waals surface area contributed by atoms with Gasteiger partial charge >= 0.3 is 5.97 Å². The van der Waals surface area contributed by atoms with Crippen molar-refractivity contribution in [2.75, 3.05) is 7.11 Å². The van der Waals surface area contributed by atoms with Gasteiger partial charge in [-0.3, -0.25) is 4.79 Å². The van der Waals surface area contributed by atoms with E-state index in [2.05, 4.69) is 13.0 Å². The van der Waals surface area contributed by atoms with Crippen LogP contribution in [0.25, 0.3) is 0 Å². The molecule has 1 saturated heterocycles. The van der Waals surface area contributed by atoms with Gasteiger partial charge in [-0.15, -0.1) is 0 Å². The molecule has 1 atom stereocenters. The van der Waals surface area contributed by atoms with Crippen molar-refractivity contribution in [1.29, 1.82) is 0 Å². The molecule has 1 fully saturated rings. The number of cyclic esters (lactones) is 1. The Bertz CT molecular complexity index is 423. The molecule has 2 rings (SSSR count). The number of carbonyl (C=O) groups excluding carboxylic acids is 1. The van der Waals surface area contributed by atoms with Crippen LogP contribution in [0.5, 0.6) is 5.75 Å². The number of methoxy groups -OCH3 is 1. The van der Waals surface area contributed by atoms with Crippen LogP contribution in [0, 0.1) is 13.8 Å². The van der Waals surface area contributed by atoms with Crippen LogP contribution in [0.3, 0.4) is 0 Å². The van der Waals surface area contributed by atoms with Gasteiger partial charge in [-0.1, -0.05) is 0 Å². The summed E-state index contributed by atoms with van der Waals surface area (Å²) < 4.78 is 10.6. The molecule has 0 N–H and O–H groups in total. The molecule has 1 unspecified atom stereocenters. The molecule has 0 bridgehead atoms. The Morgan fingerprint density at radius 2 is 2.00 bits per heavy atom. The average molecular weight is 220 g/mol. The number of esters is 1. The summed E-state index contributed by atoms with van der Waals surface area (Å²) in [5, 5.41) is 0. The van der Waals surface area contributed by atoms with Crippen LogP contribution in [0.1, 0.15) is 35.6 Å². The van der Waals surface area contributed by atoms with Gasteiger partial charge in [0.1, 0.15) is 11.9 Å². The second kappa shape index (κ2) is 4.16. The van der Waals surface area contributed by atoms with Crippen molar-refractivity contribution in [1.82, 2.24) is 0 Å². The molecule has 1 aromatic carbocycles. The maximum Gasteiger partial charge on any atom is 0.306 e. The lowest BCUT2D eigenvalue weighted by Crippen LogP contribution is -2.02. The fourth-order valence-corrected chi connectivity index (χ4v) is 1.98. The van der Waals surface area contributed by atoms with E-state index in [1.54, 1.807) is 7.11 Å². The highest BCUT2D eigenvalue weighted by Crippen LogP contribution is 2.36. The third-order valence-electron chi connectivity index (χ3n) is 3.08. The van der Waals surface area contributed by atoms with E-state index in [0.717, 1.165) is 17.7 Å². The molecule has 0 aromatic heterocycles. The molecule has 1 heterocycles. The molecule has 3 nitrogen and oxygen atoms in total. The second-order valence-corrected chi connectivity index (χ2v) is 4.20. The van der Waals surface area contributed by atoms with Crippen LogP contribution in [-0.2, 0) is 9.53 Å². The van der Waals surface area contributed by atoms with Crippen molar-refractivity contribution in [2.24, 2.45) is 0 Å². The van der Waals surface area contributed by atoms with Crippen LogP contribution in [0.4, 0.5) is 0 Å². The summed E-state index contributed by atoms with van der Waals surface area (Å²) in [5.74, 6) is 0.688. The highest BCUT2D eigenvalue weighted by atomic mass is 16.6. The molecular formula is C13H16O3. The summed E-state index contributed by atoms with van der Waals surface area (Å²) in [6, 6.07) is 4.05. The van der Waals surface area contributed by atoms with E-state index in [9.17, 15) is 4.79 Å². The van der Waals surface area contributed by atoms with Gasteiger partial charge in [0.05, 0.1) is 7.11 Å². The zero-order valence-corrected chi connectivity index (χ0v) is 9.87. The Morgan fingerprint density at radius 1 is 1.31 bits per heavy atom. The first-order valence-corrected chi connectivity index (χ1v) is 5.46. The van der Waals surface area contributed by atoms with E-state index in [1.165, 1.54) is 11.1 Å². The van der Waals surface area contributed by atoms with Crippen molar-refractivity contribution in [3.05, 3.63) is 28.8 Å². The summed E-state index contributed by atoms with van der Waals surface area (Å²) >= 11 is 0. The molecular weight excluding hydrogens is 204 g/mol. The number of aryl methyl sites for hydroxylation is 2. The summed E-state index contributed by atoms with van der Waals surface area (Å²) in [7, 11) is 1.64. The van der Waals surface area contributed by atoms with E-state index in [-0.39, 0.29) is 12.1 Å². The monoisotopic (exact) mass is 220 g/mol. The van der Waals surface area contributed by atoms with E-state index in [4.69, 9.17) is 9.47 Å². The van der Waals surface area contributed by atoms with Gasteiger partial charge in [0.15, 0.2) is 0 Å². The number of carbonyl (C=O) groups is 1. The van der Waals surface area contributed by atoms with Crippen molar-refractivity contribution in [3.63, 3.8) is 0 Å². The Hall–Kier alpha value is -1.51. The minimum absolute atomic E-state index is 0.120. The highest BCUT2D eigenvalue weighted by Gasteiger charge is 2.27. The molecule has 1 aromatic rings. The standard InChI is InChI=1S/C13H16O3/c1-8-6-10(11-4-5-13(14)16-11)12(15-3)7-9(8)2/h6-7,11H,4-5H2,1-3H3. The molecule has 0 radical (unpaired) electrons. The van der Waals surface area contributed by atoms with Crippen molar-refractivity contribution < 1.29 is 14.3 Å². The Kier molecular flexibility index (Phi) is 2.86. The normalized spacial score (nSPS) is 19.7. The summed E-state index contributed by atoms with van der Waals surface area (Å²) in [5.41, 5.74) is 3.36. The molecule has 1 aliphatic rings. The van der Waals surface area contributed by atoms with Crippen LogP contribution in [0.2, 0.25) is 0 Å². The van der Waals surface area contributed by atoms with Gasteiger partial charge in [-0.05, 0) is 43.5 Å². The van der Waals surface area contributed by atoms with Crippen molar-refractivity contribution in [2.45, 2.75) is 32.8 Å². The van der Waals surface area contributed by atoms with Gasteiger partial charge in [-0.2, -0.15) is 0 Å². The molecule has 0 amide bonds.